The van der Waals surface area contributed by atoms with E-state index < -0.39 is 5.97 Å². The van der Waals surface area contributed by atoms with E-state index in [0.29, 0.717) is 47.9 Å². The zero-order chi connectivity index (χ0) is 35.8. The van der Waals surface area contributed by atoms with Crippen molar-refractivity contribution in [2.45, 2.75) is 53.5 Å². The van der Waals surface area contributed by atoms with Crippen LogP contribution in [0, 0.1) is 27.7 Å². The largest absolute Gasteiger partial charge is 0.494 e. The number of halogens is 2. The molecule has 0 radical (unpaired) electrons. The normalized spacial score (nSPS) is 14.6. The molecule has 258 valence electrons. The summed E-state index contributed by atoms with van der Waals surface area (Å²) in [6, 6.07) is 15.0. The van der Waals surface area contributed by atoms with Crippen molar-refractivity contribution in [3.63, 3.8) is 0 Å². The average Bonchev–Trinajstić information content (AvgIpc) is 3.68. The number of aromatic carboxylic acids is 1. The molecule has 9 nitrogen and oxygen atoms in total. The molecule has 1 unspecified atom stereocenters. The van der Waals surface area contributed by atoms with E-state index in [0.717, 1.165) is 66.3 Å². The minimum atomic E-state index is -1.02. The third-order valence-corrected chi connectivity index (χ3v) is 11.0. The number of fused-ring (bicyclic) bond motifs is 4. The van der Waals surface area contributed by atoms with E-state index >= 15 is 0 Å². The maximum Gasteiger partial charge on any atom is 0.352 e. The molecular formula is C39H39Cl2N5O4. The molecule has 1 aliphatic heterocycles. The molecule has 0 saturated heterocycles. The predicted octanol–water partition coefficient (Wildman–Crippen LogP) is 9.01. The Kier molecular flexibility index (Phi) is 8.47. The van der Waals surface area contributed by atoms with Crippen LogP contribution in [0.3, 0.4) is 0 Å². The molecule has 3 aromatic carbocycles. The molecule has 0 bridgehead atoms. The topological polar surface area (TPSA) is 94.5 Å². The van der Waals surface area contributed by atoms with E-state index in [2.05, 4.69) is 11.5 Å². The first-order valence-electron chi connectivity index (χ1n) is 16.7. The van der Waals surface area contributed by atoms with Crippen molar-refractivity contribution in [3.05, 3.63) is 98.0 Å². The molecule has 0 aliphatic carbocycles. The molecule has 7 rings (SSSR count). The molecule has 6 aromatic rings. The number of aromatic nitrogens is 4. The Morgan fingerprint density at radius 3 is 2.38 bits per heavy atom. The number of carboxylic acids is 1. The van der Waals surface area contributed by atoms with Crippen molar-refractivity contribution in [2.24, 2.45) is 14.1 Å². The number of ether oxygens (including phenoxy) is 1. The molecule has 11 heteroatoms. The zero-order valence-corrected chi connectivity index (χ0v) is 30.7. The fourth-order valence-electron chi connectivity index (χ4n) is 7.76. The van der Waals surface area contributed by atoms with Crippen molar-refractivity contribution >= 4 is 62.6 Å². The van der Waals surface area contributed by atoms with Crippen LogP contribution in [0.5, 0.6) is 5.75 Å². The van der Waals surface area contributed by atoms with Gasteiger partial charge in [-0.15, -0.1) is 0 Å². The molecule has 1 atom stereocenters. The van der Waals surface area contributed by atoms with Crippen molar-refractivity contribution < 1.29 is 19.4 Å². The highest BCUT2D eigenvalue weighted by molar-refractivity contribution is 6.35. The van der Waals surface area contributed by atoms with E-state index in [9.17, 15) is 14.7 Å². The second-order valence-electron chi connectivity index (χ2n) is 13.4. The van der Waals surface area contributed by atoms with E-state index in [4.69, 9.17) is 33.0 Å². The van der Waals surface area contributed by atoms with Crippen molar-refractivity contribution in [1.82, 2.24) is 18.9 Å². The number of anilines is 1. The first kappa shape index (κ1) is 33.8. The number of hydrogen-bond acceptors (Lipinski definition) is 4. The van der Waals surface area contributed by atoms with Crippen LogP contribution in [-0.2, 0) is 20.5 Å². The van der Waals surface area contributed by atoms with Crippen LogP contribution in [0.4, 0.5) is 5.69 Å². The lowest BCUT2D eigenvalue weighted by Crippen LogP contribution is -2.43. The van der Waals surface area contributed by atoms with Crippen LogP contribution >= 0.6 is 23.2 Å². The number of rotatable bonds is 8. The average molecular weight is 713 g/mol. The van der Waals surface area contributed by atoms with E-state index in [1.165, 1.54) is 0 Å². The molecule has 0 fully saturated rings. The molecule has 0 spiro atoms. The zero-order valence-electron chi connectivity index (χ0n) is 29.2. The van der Waals surface area contributed by atoms with Gasteiger partial charge in [0.15, 0.2) is 0 Å². The van der Waals surface area contributed by atoms with Gasteiger partial charge >= 0.3 is 5.97 Å². The van der Waals surface area contributed by atoms with Crippen LogP contribution in [0.15, 0.2) is 48.5 Å². The van der Waals surface area contributed by atoms with Crippen molar-refractivity contribution in [1.29, 1.82) is 0 Å². The SMILES string of the molecule is Cc1cc(OCCCc2c3n(c4c(-c5c(C)nn(C)c5C)c(Cl)ccc24)C(C)CN(c2cccc4cc(C(=O)O)n(C)c24)C3=O)cc(C)c1Cl. The summed E-state index contributed by atoms with van der Waals surface area (Å²) in [5.41, 5.74) is 9.57. The number of carboxylic acid groups (broad SMARTS) is 1. The van der Waals surface area contributed by atoms with Gasteiger partial charge in [-0.25, -0.2) is 4.79 Å². The van der Waals surface area contributed by atoms with E-state index in [1.807, 2.05) is 81.9 Å². The minimum absolute atomic E-state index is 0.140. The molecule has 4 heterocycles. The smallest absolute Gasteiger partial charge is 0.352 e. The Labute approximate surface area is 300 Å². The van der Waals surface area contributed by atoms with Gasteiger partial charge in [0.2, 0.25) is 0 Å². The van der Waals surface area contributed by atoms with E-state index in [-0.39, 0.29) is 17.6 Å². The molecular weight excluding hydrogens is 673 g/mol. The fraction of sp³-hybridized carbons (Fsp3) is 0.308. The van der Waals surface area contributed by atoms with Gasteiger partial charge in [0, 0.05) is 59.3 Å². The van der Waals surface area contributed by atoms with Crippen molar-refractivity contribution in [2.75, 3.05) is 18.1 Å². The van der Waals surface area contributed by atoms with Crippen molar-refractivity contribution in [3.8, 4) is 16.9 Å². The molecule has 1 aliphatic rings. The highest BCUT2D eigenvalue weighted by atomic mass is 35.5. The number of amides is 1. The van der Waals surface area contributed by atoms with Gasteiger partial charge in [-0.3, -0.25) is 9.48 Å². The summed E-state index contributed by atoms with van der Waals surface area (Å²) in [4.78, 5) is 28.8. The summed E-state index contributed by atoms with van der Waals surface area (Å²) in [6.07, 6.45) is 1.24. The lowest BCUT2D eigenvalue weighted by molar-refractivity contribution is 0.0687. The van der Waals surface area contributed by atoms with Gasteiger partial charge in [-0.2, -0.15) is 5.10 Å². The Morgan fingerprint density at radius 1 is 1.00 bits per heavy atom. The number of nitrogens with zero attached hydrogens (tertiary/aromatic N) is 5. The number of hydrogen-bond donors (Lipinski definition) is 1. The number of aryl methyl sites for hydroxylation is 6. The summed E-state index contributed by atoms with van der Waals surface area (Å²) in [7, 11) is 3.65. The minimum Gasteiger partial charge on any atom is -0.494 e. The fourth-order valence-corrected chi connectivity index (χ4v) is 8.11. The number of carbonyl (C=O) groups is 2. The van der Waals surface area contributed by atoms with Crippen LogP contribution < -0.4 is 9.64 Å². The highest BCUT2D eigenvalue weighted by Crippen LogP contribution is 2.45. The first-order chi connectivity index (χ1) is 23.8. The Morgan fingerprint density at radius 2 is 1.72 bits per heavy atom. The van der Waals surface area contributed by atoms with Crippen LogP contribution in [0.1, 0.15) is 68.4 Å². The van der Waals surface area contributed by atoms with Gasteiger partial charge in [0.05, 0.1) is 34.0 Å². The quantitative estimate of drug-likeness (QED) is 0.159. The van der Waals surface area contributed by atoms with E-state index in [1.54, 1.807) is 22.6 Å². The number of para-hydroxylation sites is 1. The van der Waals surface area contributed by atoms with Gasteiger partial charge in [0.1, 0.15) is 17.1 Å². The molecule has 3 aromatic heterocycles. The lowest BCUT2D eigenvalue weighted by Gasteiger charge is -2.35. The monoisotopic (exact) mass is 711 g/mol. The molecule has 50 heavy (non-hydrogen) atoms. The summed E-state index contributed by atoms with van der Waals surface area (Å²) in [6.45, 7) is 10.9. The summed E-state index contributed by atoms with van der Waals surface area (Å²) in [5.74, 6) is -0.407. The summed E-state index contributed by atoms with van der Waals surface area (Å²) < 4.78 is 11.9. The Bertz CT molecular complexity index is 2360. The second kappa shape index (κ2) is 12.5. The number of benzene rings is 3. The summed E-state index contributed by atoms with van der Waals surface area (Å²) in [5, 5.41) is 17.6. The van der Waals surface area contributed by atoms with Gasteiger partial charge in [-0.05, 0) is 94.5 Å². The summed E-state index contributed by atoms with van der Waals surface area (Å²) >= 11 is 13.5. The third-order valence-electron chi connectivity index (χ3n) is 10.1. The molecule has 1 amide bonds. The highest BCUT2D eigenvalue weighted by Gasteiger charge is 2.37. The van der Waals surface area contributed by atoms with Gasteiger partial charge in [0.25, 0.3) is 5.91 Å². The predicted molar refractivity (Wildman–Crippen MR) is 200 cm³/mol. The first-order valence-corrected chi connectivity index (χ1v) is 17.4. The maximum atomic E-state index is 15.0. The van der Waals surface area contributed by atoms with Crippen LogP contribution in [0.25, 0.3) is 32.9 Å². The second-order valence-corrected chi connectivity index (χ2v) is 14.2. The van der Waals surface area contributed by atoms with Crippen LogP contribution in [-0.4, -0.2) is 49.0 Å². The number of carbonyl (C=O) groups excluding carboxylic acids is 1. The van der Waals surface area contributed by atoms with Gasteiger partial charge < -0.3 is 23.9 Å². The lowest BCUT2D eigenvalue weighted by atomic mass is 9.98. The van der Waals surface area contributed by atoms with Crippen LogP contribution in [0.2, 0.25) is 10.0 Å². The Hall–Kier alpha value is -4.73. The molecule has 0 saturated carbocycles. The maximum absolute atomic E-state index is 15.0. The Balaban J connectivity index is 1.38. The molecule has 1 N–H and O–H groups in total. The standard InChI is InChI=1S/C39H39Cl2N5O4/c1-20-16-26(17-21(2)34(20)41)50-15-9-11-27-28-13-14-29(40)33(32-23(4)42-44(7)24(32)5)36(28)46-22(3)19-45(38(47)37(27)46)30-12-8-10-25-18-31(39(48)49)43(6)35(25)30/h8,10,12-14,16-18,22H,9,11,15,19H2,1-7H3,(H,48,49). The third kappa shape index (κ3) is 5.26. The van der Waals surface area contributed by atoms with Gasteiger partial charge in [-0.1, -0.05) is 41.4 Å².